The number of aliphatic hydroxyl groups is 2. The molecule has 3 N–H and O–H groups in total. The number of Topliss-reactive ketones (excluding diaryl/α,β-unsaturated/α-hetero) is 1. The Morgan fingerprint density at radius 2 is 1.77 bits per heavy atom. The number of hydrogen-bond donors (Lipinski definition) is 3. The Morgan fingerprint density at radius 3 is 2.40 bits per heavy atom. The minimum Gasteiger partial charge on any atom is -0.507 e. The van der Waals surface area contributed by atoms with Crippen LogP contribution in [0.5, 0.6) is 5.75 Å². The number of nitrogens with one attached hydrogen (secondary N) is 1. The summed E-state index contributed by atoms with van der Waals surface area (Å²) in [5.74, 6) is -0.849. The van der Waals surface area contributed by atoms with Crippen LogP contribution >= 0.6 is 0 Å². The van der Waals surface area contributed by atoms with Crippen LogP contribution in [-0.4, -0.2) is 60.2 Å². The highest BCUT2D eigenvalue weighted by Crippen LogP contribution is 2.39. The van der Waals surface area contributed by atoms with Gasteiger partial charge in [-0.15, -0.1) is 0 Å². The summed E-state index contributed by atoms with van der Waals surface area (Å²) in [7, 11) is 1.57. The number of methoxy groups -OCH3 is 1. The van der Waals surface area contributed by atoms with Gasteiger partial charge in [0.2, 0.25) is 0 Å². The standard InChI is InChI=1S/C23H26N2O5/c1-30-18-10-8-16(9-11-18)20-19(21(27)17-6-3-2-4-7-17)22(28)23(29)25(20)14-5-12-24-13-15-26/h2-4,6-11,20,24,26-27H,5,12-15H2,1H3/t20-/m1/s1. The zero-order chi connectivity index (χ0) is 21.5. The number of carbonyl (C=O) groups is 2. The molecule has 1 fully saturated rings. The summed E-state index contributed by atoms with van der Waals surface area (Å²) >= 11 is 0. The SMILES string of the molecule is COc1ccc([C@@H]2C(=C(O)c3ccccc3)C(=O)C(=O)N2CCCNCCO)cc1. The molecule has 30 heavy (non-hydrogen) atoms. The quantitative estimate of drug-likeness (QED) is 0.253. The number of likely N-dealkylation sites (tertiary alicyclic amines) is 1. The van der Waals surface area contributed by atoms with Crippen LogP contribution in [0.4, 0.5) is 0 Å². The van der Waals surface area contributed by atoms with Crippen LogP contribution < -0.4 is 10.1 Å². The molecule has 0 aromatic heterocycles. The molecule has 0 aliphatic carbocycles. The summed E-state index contributed by atoms with van der Waals surface area (Å²) < 4.78 is 5.21. The number of ether oxygens (including phenoxy) is 1. The third kappa shape index (κ3) is 4.53. The predicted octanol–water partition coefficient (Wildman–Crippen LogP) is 2.09. The van der Waals surface area contributed by atoms with Gasteiger partial charge in [-0.05, 0) is 30.7 Å². The molecule has 158 valence electrons. The fourth-order valence-electron chi connectivity index (χ4n) is 3.57. The van der Waals surface area contributed by atoms with Gasteiger partial charge in [-0.2, -0.15) is 0 Å². The second-order valence-corrected chi connectivity index (χ2v) is 6.96. The number of ketones is 1. The zero-order valence-electron chi connectivity index (χ0n) is 16.9. The Hall–Kier alpha value is -3.16. The molecule has 7 nitrogen and oxygen atoms in total. The van der Waals surface area contributed by atoms with E-state index >= 15 is 0 Å². The topological polar surface area (TPSA) is 99.1 Å². The average Bonchev–Trinajstić information content (AvgIpc) is 3.04. The molecule has 0 spiro atoms. The third-order valence-electron chi connectivity index (χ3n) is 5.06. The molecular formula is C23H26N2O5. The van der Waals surface area contributed by atoms with Crippen molar-refractivity contribution in [2.45, 2.75) is 12.5 Å². The summed E-state index contributed by atoms with van der Waals surface area (Å²) in [4.78, 5) is 27.2. The Bertz CT molecular complexity index is 909. The van der Waals surface area contributed by atoms with E-state index in [0.717, 1.165) is 5.56 Å². The smallest absolute Gasteiger partial charge is 0.295 e. The van der Waals surface area contributed by atoms with Crippen molar-refractivity contribution in [1.29, 1.82) is 0 Å². The lowest BCUT2D eigenvalue weighted by Gasteiger charge is -2.25. The van der Waals surface area contributed by atoms with Crippen molar-refractivity contribution in [3.63, 3.8) is 0 Å². The molecular weight excluding hydrogens is 384 g/mol. The maximum atomic E-state index is 12.9. The van der Waals surface area contributed by atoms with Gasteiger partial charge in [0.25, 0.3) is 11.7 Å². The summed E-state index contributed by atoms with van der Waals surface area (Å²) in [5, 5.41) is 22.9. The summed E-state index contributed by atoms with van der Waals surface area (Å²) in [6.07, 6.45) is 0.602. The van der Waals surface area contributed by atoms with Crippen molar-refractivity contribution in [1.82, 2.24) is 10.2 Å². The predicted molar refractivity (Wildman–Crippen MR) is 113 cm³/mol. The van der Waals surface area contributed by atoms with Gasteiger partial charge in [0, 0.05) is 18.7 Å². The number of aliphatic hydroxyl groups excluding tert-OH is 2. The van der Waals surface area contributed by atoms with Crippen molar-refractivity contribution in [2.75, 3.05) is 33.4 Å². The molecule has 1 amide bonds. The first-order chi connectivity index (χ1) is 14.6. The van der Waals surface area contributed by atoms with Crippen molar-refractivity contribution >= 4 is 17.4 Å². The number of amides is 1. The number of carbonyl (C=O) groups excluding carboxylic acids is 2. The number of benzene rings is 2. The molecule has 1 atom stereocenters. The summed E-state index contributed by atoms with van der Waals surface area (Å²) in [6, 6.07) is 15.2. The molecule has 0 unspecified atom stereocenters. The van der Waals surface area contributed by atoms with Crippen molar-refractivity contribution in [2.24, 2.45) is 0 Å². The van der Waals surface area contributed by atoms with Crippen LogP contribution in [0.3, 0.4) is 0 Å². The first kappa shape index (κ1) is 21.5. The van der Waals surface area contributed by atoms with E-state index in [9.17, 15) is 14.7 Å². The second kappa shape index (κ2) is 10.0. The molecule has 2 aromatic carbocycles. The average molecular weight is 410 g/mol. The minimum absolute atomic E-state index is 0.0352. The van der Waals surface area contributed by atoms with Crippen LogP contribution in [-0.2, 0) is 9.59 Å². The zero-order valence-corrected chi connectivity index (χ0v) is 16.9. The van der Waals surface area contributed by atoms with Crippen molar-refractivity contribution in [3.05, 3.63) is 71.3 Å². The highest BCUT2D eigenvalue weighted by atomic mass is 16.5. The maximum Gasteiger partial charge on any atom is 0.295 e. The van der Waals surface area contributed by atoms with Crippen molar-refractivity contribution < 1.29 is 24.5 Å². The fourth-order valence-corrected chi connectivity index (χ4v) is 3.57. The molecule has 1 saturated heterocycles. The first-order valence-corrected chi connectivity index (χ1v) is 9.87. The van der Waals surface area contributed by atoms with Gasteiger partial charge in [-0.25, -0.2) is 0 Å². The number of hydrogen-bond acceptors (Lipinski definition) is 6. The Labute approximate surface area is 175 Å². The number of rotatable bonds is 9. The van der Waals surface area contributed by atoms with Gasteiger partial charge in [0.15, 0.2) is 0 Å². The first-order valence-electron chi connectivity index (χ1n) is 9.87. The molecule has 0 radical (unpaired) electrons. The van der Waals surface area contributed by atoms with Gasteiger partial charge in [0.05, 0.1) is 25.3 Å². The normalized spacial score (nSPS) is 18.1. The molecule has 3 rings (SSSR count). The van der Waals surface area contributed by atoms with Crippen LogP contribution in [0, 0.1) is 0 Å². The number of nitrogens with zero attached hydrogens (tertiary/aromatic N) is 1. The molecule has 1 aliphatic heterocycles. The second-order valence-electron chi connectivity index (χ2n) is 6.96. The third-order valence-corrected chi connectivity index (χ3v) is 5.06. The van der Waals surface area contributed by atoms with Crippen LogP contribution in [0.2, 0.25) is 0 Å². The minimum atomic E-state index is -0.694. The highest BCUT2D eigenvalue weighted by molar-refractivity contribution is 6.46. The van der Waals surface area contributed by atoms with Crippen molar-refractivity contribution in [3.8, 4) is 5.75 Å². The molecule has 1 heterocycles. The maximum absolute atomic E-state index is 12.9. The van der Waals surface area contributed by atoms with Gasteiger partial charge in [0.1, 0.15) is 11.5 Å². The van der Waals surface area contributed by atoms with E-state index in [2.05, 4.69) is 5.32 Å². The molecule has 1 aliphatic rings. The Morgan fingerprint density at radius 1 is 1.07 bits per heavy atom. The lowest BCUT2D eigenvalue weighted by molar-refractivity contribution is -0.139. The Balaban J connectivity index is 1.99. The van der Waals surface area contributed by atoms with Crippen LogP contribution in [0.15, 0.2) is 60.2 Å². The highest BCUT2D eigenvalue weighted by Gasteiger charge is 2.45. The fraction of sp³-hybridized carbons (Fsp3) is 0.304. The lowest BCUT2D eigenvalue weighted by Crippen LogP contribution is -2.32. The molecule has 2 aromatic rings. The summed E-state index contributed by atoms with van der Waals surface area (Å²) in [6.45, 7) is 1.44. The molecule has 7 heteroatoms. The largest absolute Gasteiger partial charge is 0.507 e. The molecule has 0 saturated carbocycles. The molecule has 0 bridgehead atoms. The van der Waals surface area contributed by atoms with Gasteiger partial charge >= 0.3 is 0 Å². The van der Waals surface area contributed by atoms with E-state index < -0.39 is 17.7 Å². The van der Waals surface area contributed by atoms with E-state index in [1.807, 2.05) is 6.07 Å². The Kier molecular flexibility index (Phi) is 7.21. The van der Waals surface area contributed by atoms with Crippen LogP contribution in [0.25, 0.3) is 5.76 Å². The lowest BCUT2D eigenvalue weighted by atomic mass is 9.95. The van der Waals surface area contributed by atoms with Gasteiger partial charge < -0.3 is 25.2 Å². The van der Waals surface area contributed by atoms with E-state index in [0.29, 0.717) is 37.4 Å². The van der Waals surface area contributed by atoms with E-state index in [4.69, 9.17) is 9.84 Å². The van der Waals surface area contributed by atoms with E-state index in [1.54, 1.807) is 55.6 Å². The monoisotopic (exact) mass is 410 g/mol. The van der Waals surface area contributed by atoms with Crippen LogP contribution in [0.1, 0.15) is 23.6 Å². The van der Waals surface area contributed by atoms with E-state index in [1.165, 1.54) is 4.90 Å². The van der Waals surface area contributed by atoms with Gasteiger partial charge in [-0.3, -0.25) is 9.59 Å². The van der Waals surface area contributed by atoms with Gasteiger partial charge in [-0.1, -0.05) is 42.5 Å². The summed E-state index contributed by atoms with van der Waals surface area (Å²) in [5.41, 5.74) is 1.29. The van der Waals surface area contributed by atoms with E-state index in [-0.39, 0.29) is 17.9 Å².